The first kappa shape index (κ1) is 19.6. The van der Waals surface area contributed by atoms with Gasteiger partial charge in [0.05, 0.1) is 35.4 Å². The molecule has 0 saturated heterocycles. The van der Waals surface area contributed by atoms with Gasteiger partial charge in [-0.1, -0.05) is 0 Å². The van der Waals surface area contributed by atoms with Gasteiger partial charge in [0, 0.05) is 31.5 Å². The van der Waals surface area contributed by atoms with Crippen LogP contribution in [0.1, 0.15) is 6.42 Å². The summed E-state index contributed by atoms with van der Waals surface area (Å²) in [6.45, 7) is -0.00672. The van der Waals surface area contributed by atoms with Gasteiger partial charge in [-0.15, -0.1) is 0 Å². The van der Waals surface area contributed by atoms with Crippen molar-refractivity contribution in [3.63, 3.8) is 0 Å². The Morgan fingerprint density at radius 3 is 2.70 bits per heavy atom. The van der Waals surface area contributed by atoms with Crippen molar-refractivity contribution in [2.24, 2.45) is 7.05 Å². The maximum atomic E-state index is 14.1. The Hall–Kier alpha value is -3.75. The minimum atomic E-state index is -0.635. The number of nitrogens with one attached hydrogen (secondary N) is 1. The third-order valence-corrected chi connectivity index (χ3v) is 4.93. The first-order valence-electron chi connectivity index (χ1n) is 9.16. The molecule has 0 aliphatic rings. The molecule has 0 aliphatic carbocycles. The van der Waals surface area contributed by atoms with E-state index in [4.69, 9.17) is 4.74 Å². The van der Waals surface area contributed by atoms with Crippen molar-refractivity contribution >= 4 is 33.4 Å². The molecule has 7 nitrogen and oxygen atoms in total. The van der Waals surface area contributed by atoms with Crippen molar-refractivity contribution in [2.75, 3.05) is 12.4 Å². The zero-order valence-electron chi connectivity index (χ0n) is 16.3. The van der Waals surface area contributed by atoms with Gasteiger partial charge in [0.25, 0.3) is 5.56 Å². The van der Waals surface area contributed by atoms with Gasteiger partial charge in [0.15, 0.2) is 0 Å². The highest BCUT2D eigenvalue weighted by atomic mass is 19.1. The highest BCUT2D eigenvalue weighted by Crippen LogP contribution is 2.24. The number of carbonyl (C=O) groups is 1. The summed E-state index contributed by atoms with van der Waals surface area (Å²) in [5.41, 5.74) is 0.585. The quantitative estimate of drug-likeness (QED) is 0.546. The van der Waals surface area contributed by atoms with Crippen molar-refractivity contribution in [2.45, 2.75) is 13.0 Å². The number of rotatable bonds is 5. The molecule has 9 heteroatoms. The Kier molecular flexibility index (Phi) is 4.94. The van der Waals surface area contributed by atoms with Crippen LogP contribution in [0.5, 0.6) is 5.75 Å². The van der Waals surface area contributed by atoms with E-state index in [1.807, 2.05) is 0 Å². The van der Waals surface area contributed by atoms with E-state index in [2.05, 4.69) is 10.4 Å². The molecule has 0 unspecified atom stereocenters. The fourth-order valence-corrected chi connectivity index (χ4v) is 3.47. The van der Waals surface area contributed by atoms with Crippen LogP contribution in [0.2, 0.25) is 0 Å². The maximum Gasteiger partial charge on any atom is 0.262 e. The minimum Gasteiger partial charge on any atom is -0.497 e. The highest BCUT2D eigenvalue weighted by Gasteiger charge is 2.16. The van der Waals surface area contributed by atoms with Crippen molar-refractivity contribution in [3.05, 3.63) is 64.6 Å². The van der Waals surface area contributed by atoms with Crippen LogP contribution >= 0.6 is 0 Å². The molecular weight excluding hydrogens is 394 g/mol. The van der Waals surface area contributed by atoms with Crippen molar-refractivity contribution in [1.82, 2.24) is 14.3 Å². The number of halogens is 2. The van der Waals surface area contributed by atoms with E-state index in [0.29, 0.717) is 27.6 Å². The van der Waals surface area contributed by atoms with Crippen molar-refractivity contribution in [1.29, 1.82) is 0 Å². The molecule has 30 heavy (non-hydrogen) atoms. The molecule has 0 atom stereocenters. The van der Waals surface area contributed by atoms with Gasteiger partial charge in [0.2, 0.25) is 5.91 Å². The highest BCUT2D eigenvalue weighted by molar-refractivity contribution is 6.03. The second kappa shape index (κ2) is 7.58. The van der Waals surface area contributed by atoms with Gasteiger partial charge in [-0.05, 0) is 30.3 Å². The predicted octanol–water partition coefficient (Wildman–Crippen LogP) is 3.20. The monoisotopic (exact) mass is 412 g/mol. The normalized spacial score (nSPS) is 11.2. The molecule has 0 aliphatic heterocycles. The molecule has 1 amide bonds. The molecule has 0 bridgehead atoms. The molecule has 154 valence electrons. The number of benzene rings is 2. The van der Waals surface area contributed by atoms with Crippen LogP contribution in [-0.2, 0) is 18.4 Å². The molecule has 2 heterocycles. The second-order valence-electron chi connectivity index (χ2n) is 6.79. The number of ether oxygens (including phenoxy) is 1. The number of nitrogens with zero attached hydrogens (tertiary/aromatic N) is 3. The Balaban J connectivity index is 1.65. The summed E-state index contributed by atoms with van der Waals surface area (Å²) in [5, 5.41) is 7.62. The summed E-state index contributed by atoms with van der Waals surface area (Å²) in [6.07, 6.45) is 1.34. The van der Waals surface area contributed by atoms with Gasteiger partial charge < -0.3 is 14.6 Å². The van der Waals surface area contributed by atoms with Gasteiger partial charge in [-0.3, -0.25) is 14.3 Å². The summed E-state index contributed by atoms with van der Waals surface area (Å²) in [4.78, 5) is 25.3. The zero-order chi connectivity index (χ0) is 21.4. The average Bonchev–Trinajstić information content (AvgIpc) is 3.11. The minimum absolute atomic E-state index is 0.00626. The smallest absolute Gasteiger partial charge is 0.262 e. The molecule has 1 N–H and O–H groups in total. The second-order valence-corrected chi connectivity index (χ2v) is 6.79. The first-order chi connectivity index (χ1) is 14.4. The summed E-state index contributed by atoms with van der Waals surface area (Å²) in [7, 11) is 3.11. The van der Waals surface area contributed by atoms with Gasteiger partial charge in [-0.2, -0.15) is 5.10 Å². The number of hydrogen-bond acceptors (Lipinski definition) is 4. The fraction of sp³-hybridized carbons (Fsp3) is 0.190. The number of amides is 1. The lowest BCUT2D eigenvalue weighted by Gasteiger charge is -2.13. The Labute approximate surface area is 169 Å². The van der Waals surface area contributed by atoms with Crippen LogP contribution in [0.4, 0.5) is 14.5 Å². The predicted molar refractivity (Wildman–Crippen MR) is 109 cm³/mol. The summed E-state index contributed by atoms with van der Waals surface area (Å²) in [6, 6.07) is 8.22. The van der Waals surface area contributed by atoms with Crippen LogP contribution in [0.15, 0.2) is 47.4 Å². The van der Waals surface area contributed by atoms with Crippen LogP contribution < -0.4 is 15.6 Å². The van der Waals surface area contributed by atoms with Crippen LogP contribution in [0.25, 0.3) is 21.8 Å². The number of methoxy groups -OCH3 is 1. The number of fused-ring (bicyclic) bond motifs is 3. The molecule has 0 radical (unpaired) electrons. The van der Waals surface area contributed by atoms with E-state index in [1.54, 1.807) is 17.8 Å². The van der Waals surface area contributed by atoms with Crippen molar-refractivity contribution < 1.29 is 18.3 Å². The van der Waals surface area contributed by atoms with Gasteiger partial charge in [-0.25, -0.2) is 8.78 Å². The van der Waals surface area contributed by atoms with Crippen LogP contribution in [0.3, 0.4) is 0 Å². The third kappa shape index (κ3) is 3.38. The maximum absolute atomic E-state index is 14.1. The van der Waals surface area contributed by atoms with E-state index in [1.165, 1.54) is 42.1 Å². The third-order valence-electron chi connectivity index (χ3n) is 4.93. The van der Waals surface area contributed by atoms with Gasteiger partial charge in [0.1, 0.15) is 17.4 Å². The number of carbonyl (C=O) groups excluding carboxylic acids is 1. The zero-order valence-corrected chi connectivity index (χ0v) is 16.3. The first-order valence-corrected chi connectivity index (χ1v) is 9.16. The van der Waals surface area contributed by atoms with E-state index >= 15 is 0 Å². The number of hydrogen-bond donors (Lipinski definition) is 1. The van der Waals surface area contributed by atoms with Gasteiger partial charge >= 0.3 is 0 Å². The van der Waals surface area contributed by atoms with E-state index < -0.39 is 17.5 Å². The summed E-state index contributed by atoms with van der Waals surface area (Å²) < 4.78 is 35.8. The topological polar surface area (TPSA) is 78.2 Å². The fourth-order valence-electron chi connectivity index (χ4n) is 3.47. The number of aromatic nitrogens is 3. The SMILES string of the molecule is COc1ccc(NC(=O)CCn2c(=O)c3cnn(C)c3c3ccc(F)cc32)c(F)c1. The molecule has 2 aromatic heterocycles. The number of aryl methyl sites for hydroxylation is 2. The molecule has 4 rings (SSSR count). The van der Waals surface area contributed by atoms with Crippen molar-refractivity contribution in [3.8, 4) is 5.75 Å². The molecule has 0 fully saturated rings. The van der Waals surface area contributed by atoms with E-state index in [9.17, 15) is 18.4 Å². The summed E-state index contributed by atoms with van der Waals surface area (Å²) >= 11 is 0. The lowest BCUT2D eigenvalue weighted by atomic mass is 10.1. The molecule has 0 spiro atoms. The molecule has 0 saturated carbocycles. The lowest BCUT2D eigenvalue weighted by Crippen LogP contribution is -2.24. The number of anilines is 1. The molecule has 4 aromatic rings. The standard InChI is InChI=1S/C21H18F2N4O3/c1-26-20-14-5-3-12(22)9-18(14)27(21(29)15(20)11-24-26)8-7-19(28)25-17-6-4-13(30-2)10-16(17)23/h3-6,9-11H,7-8H2,1-2H3,(H,25,28). The largest absolute Gasteiger partial charge is 0.497 e. The average molecular weight is 412 g/mol. The van der Waals surface area contributed by atoms with E-state index in [-0.39, 0.29) is 24.2 Å². The molecular formula is C21H18F2N4O3. The van der Waals surface area contributed by atoms with Crippen LogP contribution in [-0.4, -0.2) is 27.4 Å². The Bertz CT molecular complexity index is 1340. The Morgan fingerprint density at radius 1 is 1.17 bits per heavy atom. The Morgan fingerprint density at radius 2 is 1.97 bits per heavy atom. The molecule has 2 aromatic carbocycles. The summed E-state index contributed by atoms with van der Waals surface area (Å²) in [5.74, 6) is -1.29. The van der Waals surface area contributed by atoms with E-state index in [0.717, 1.165) is 6.07 Å². The van der Waals surface area contributed by atoms with Crippen LogP contribution in [0, 0.1) is 11.6 Å². The number of pyridine rings is 1. The lowest BCUT2D eigenvalue weighted by molar-refractivity contribution is -0.116.